The predicted octanol–water partition coefficient (Wildman–Crippen LogP) is 3.57. The highest BCUT2D eigenvalue weighted by atomic mass is 32.2. The fourth-order valence-electron chi connectivity index (χ4n) is 1.74. The maximum Gasteiger partial charge on any atom is 0.340 e. The Labute approximate surface area is 121 Å². The Balaban J connectivity index is 2.37. The summed E-state index contributed by atoms with van der Waals surface area (Å²) in [5, 5.41) is 0. The number of para-hydroxylation sites is 2. The predicted molar refractivity (Wildman–Crippen MR) is 80.5 cm³/mol. The average molecular weight is 289 g/mol. The molecule has 0 saturated heterocycles. The van der Waals surface area contributed by atoms with Gasteiger partial charge in [-0.15, -0.1) is 11.8 Å². The van der Waals surface area contributed by atoms with Gasteiger partial charge in [-0.25, -0.2) is 4.79 Å². The molecule has 5 heteroatoms. The fraction of sp³-hybridized carbons (Fsp3) is 0.133. The summed E-state index contributed by atoms with van der Waals surface area (Å²) in [6, 6.07) is 12.7. The van der Waals surface area contributed by atoms with Crippen molar-refractivity contribution < 1.29 is 14.3 Å². The molecule has 0 radical (unpaired) electrons. The van der Waals surface area contributed by atoms with Crippen LogP contribution in [0.4, 0.5) is 5.69 Å². The van der Waals surface area contributed by atoms with Gasteiger partial charge in [-0.05, 0) is 30.5 Å². The summed E-state index contributed by atoms with van der Waals surface area (Å²) < 4.78 is 10.5. The Morgan fingerprint density at radius 3 is 2.50 bits per heavy atom. The molecule has 0 aliphatic carbocycles. The van der Waals surface area contributed by atoms with E-state index in [2.05, 4.69) is 4.74 Å². The number of carbonyl (C=O) groups excluding carboxylic acids is 1. The smallest absolute Gasteiger partial charge is 0.340 e. The van der Waals surface area contributed by atoms with E-state index in [1.807, 2.05) is 30.5 Å². The number of hydrogen-bond donors (Lipinski definition) is 1. The van der Waals surface area contributed by atoms with E-state index in [0.29, 0.717) is 17.1 Å². The lowest BCUT2D eigenvalue weighted by Gasteiger charge is -2.13. The van der Waals surface area contributed by atoms with Gasteiger partial charge in [-0.1, -0.05) is 18.2 Å². The lowest BCUT2D eigenvalue weighted by Crippen LogP contribution is -2.06. The van der Waals surface area contributed by atoms with E-state index in [1.54, 1.807) is 30.0 Å². The molecule has 4 nitrogen and oxygen atoms in total. The minimum absolute atomic E-state index is 0.273. The van der Waals surface area contributed by atoms with Crippen LogP contribution in [0.1, 0.15) is 10.4 Å². The second-order valence-electron chi connectivity index (χ2n) is 3.96. The lowest BCUT2D eigenvalue weighted by atomic mass is 10.1. The Hall–Kier alpha value is -2.14. The van der Waals surface area contributed by atoms with Crippen LogP contribution in [0.2, 0.25) is 0 Å². The summed E-state index contributed by atoms with van der Waals surface area (Å²) in [6.45, 7) is 0. The third-order valence-corrected chi connectivity index (χ3v) is 3.54. The molecule has 0 bridgehead atoms. The van der Waals surface area contributed by atoms with Crippen LogP contribution in [0.5, 0.6) is 11.5 Å². The maximum absolute atomic E-state index is 11.6. The van der Waals surface area contributed by atoms with Gasteiger partial charge in [-0.2, -0.15) is 0 Å². The van der Waals surface area contributed by atoms with Gasteiger partial charge >= 0.3 is 5.97 Å². The number of rotatable bonds is 4. The third-order valence-electron chi connectivity index (χ3n) is 2.76. The van der Waals surface area contributed by atoms with Gasteiger partial charge in [-0.3, -0.25) is 0 Å². The lowest BCUT2D eigenvalue weighted by molar-refractivity contribution is 0.0601. The zero-order valence-electron chi connectivity index (χ0n) is 11.3. The van der Waals surface area contributed by atoms with Gasteiger partial charge in [0.2, 0.25) is 0 Å². The molecule has 0 aliphatic rings. The van der Waals surface area contributed by atoms with Crippen LogP contribution in [0.15, 0.2) is 47.4 Å². The zero-order valence-corrected chi connectivity index (χ0v) is 12.1. The number of nitrogens with two attached hydrogens (primary N) is 1. The van der Waals surface area contributed by atoms with Gasteiger partial charge in [0.1, 0.15) is 5.75 Å². The summed E-state index contributed by atoms with van der Waals surface area (Å²) in [6.07, 6.45) is 1.97. The van der Waals surface area contributed by atoms with Crippen molar-refractivity contribution in [3.8, 4) is 11.5 Å². The van der Waals surface area contributed by atoms with E-state index >= 15 is 0 Å². The molecule has 0 fully saturated rings. The average Bonchev–Trinajstić information content (AvgIpc) is 2.49. The first-order valence-electron chi connectivity index (χ1n) is 5.95. The molecule has 0 amide bonds. The van der Waals surface area contributed by atoms with Crippen molar-refractivity contribution in [2.45, 2.75) is 4.90 Å². The first-order valence-corrected chi connectivity index (χ1v) is 7.17. The van der Waals surface area contributed by atoms with Crippen LogP contribution < -0.4 is 10.5 Å². The molecule has 0 saturated carbocycles. The van der Waals surface area contributed by atoms with Crippen molar-refractivity contribution in [3.05, 3.63) is 48.0 Å². The third kappa shape index (κ3) is 2.88. The van der Waals surface area contributed by atoms with Crippen LogP contribution >= 0.6 is 11.8 Å². The van der Waals surface area contributed by atoms with E-state index in [1.165, 1.54) is 7.11 Å². The summed E-state index contributed by atoms with van der Waals surface area (Å²) in [5.74, 6) is 0.661. The number of methoxy groups -OCH3 is 1. The van der Waals surface area contributed by atoms with Crippen molar-refractivity contribution in [1.29, 1.82) is 0 Å². The second-order valence-corrected chi connectivity index (χ2v) is 4.81. The number of nitrogen functional groups attached to an aromatic ring is 1. The molecule has 0 aromatic heterocycles. The van der Waals surface area contributed by atoms with Gasteiger partial charge in [0.15, 0.2) is 5.75 Å². The molecule has 2 N–H and O–H groups in total. The van der Waals surface area contributed by atoms with Gasteiger partial charge in [0.25, 0.3) is 0 Å². The molecule has 0 unspecified atom stereocenters. The molecular formula is C15H15NO3S. The highest BCUT2D eigenvalue weighted by Gasteiger charge is 2.14. The number of esters is 1. The molecule has 0 atom stereocenters. The molecule has 2 aromatic carbocycles. The zero-order chi connectivity index (χ0) is 14.5. The number of anilines is 1. The van der Waals surface area contributed by atoms with Gasteiger partial charge in [0, 0.05) is 4.90 Å². The van der Waals surface area contributed by atoms with Crippen LogP contribution in [0.25, 0.3) is 0 Å². The van der Waals surface area contributed by atoms with Crippen molar-refractivity contribution in [2.75, 3.05) is 19.1 Å². The Morgan fingerprint density at radius 1 is 1.10 bits per heavy atom. The molecular weight excluding hydrogens is 274 g/mol. The molecule has 104 valence electrons. The largest absolute Gasteiger partial charge is 0.465 e. The summed E-state index contributed by atoms with van der Waals surface area (Å²) in [4.78, 5) is 12.6. The van der Waals surface area contributed by atoms with E-state index in [4.69, 9.17) is 10.5 Å². The van der Waals surface area contributed by atoms with Crippen molar-refractivity contribution >= 4 is 23.4 Å². The number of ether oxygens (including phenoxy) is 2. The minimum atomic E-state index is -0.480. The van der Waals surface area contributed by atoms with Crippen LogP contribution in [0, 0.1) is 0 Å². The van der Waals surface area contributed by atoms with E-state index in [-0.39, 0.29) is 5.69 Å². The van der Waals surface area contributed by atoms with Crippen LogP contribution in [-0.2, 0) is 4.74 Å². The molecule has 0 aliphatic heterocycles. The van der Waals surface area contributed by atoms with Crippen molar-refractivity contribution in [1.82, 2.24) is 0 Å². The molecule has 0 spiro atoms. The molecule has 20 heavy (non-hydrogen) atoms. The monoisotopic (exact) mass is 289 g/mol. The maximum atomic E-state index is 11.6. The minimum Gasteiger partial charge on any atom is -0.465 e. The van der Waals surface area contributed by atoms with E-state index < -0.39 is 5.97 Å². The topological polar surface area (TPSA) is 61.5 Å². The van der Waals surface area contributed by atoms with Crippen LogP contribution in [0.3, 0.4) is 0 Å². The Morgan fingerprint density at radius 2 is 1.80 bits per heavy atom. The van der Waals surface area contributed by atoms with E-state index in [9.17, 15) is 4.79 Å². The summed E-state index contributed by atoms with van der Waals surface area (Å²) in [7, 11) is 1.32. The second kappa shape index (κ2) is 6.34. The van der Waals surface area contributed by atoms with Crippen molar-refractivity contribution in [3.63, 3.8) is 0 Å². The summed E-state index contributed by atoms with van der Waals surface area (Å²) in [5.41, 5.74) is 6.54. The highest BCUT2D eigenvalue weighted by molar-refractivity contribution is 7.98. The van der Waals surface area contributed by atoms with Crippen molar-refractivity contribution in [2.24, 2.45) is 0 Å². The normalized spacial score (nSPS) is 10.1. The summed E-state index contributed by atoms with van der Waals surface area (Å²) >= 11 is 1.58. The number of benzene rings is 2. The molecule has 2 rings (SSSR count). The van der Waals surface area contributed by atoms with Crippen LogP contribution in [-0.4, -0.2) is 19.3 Å². The standard InChI is InChI=1S/C15H15NO3S/c1-18-15(17)10-6-5-8-12(14(10)16)19-11-7-3-4-9-13(11)20-2/h3-9H,16H2,1-2H3. The van der Waals surface area contributed by atoms with E-state index in [0.717, 1.165) is 4.90 Å². The SMILES string of the molecule is COC(=O)c1cccc(Oc2ccccc2SC)c1N. The first-order chi connectivity index (χ1) is 9.67. The quantitative estimate of drug-likeness (QED) is 0.529. The molecule has 0 heterocycles. The highest BCUT2D eigenvalue weighted by Crippen LogP contribution is 2.35. The Kier molecular flexibility index (Phi) is 4.53. The number of hydrogen-bond acceptors (Lipinski definition) is 5. The van der Waals surface area contributed by atoms with Gasteiger partial charge < -0.3 is 15.2 Å². The number of carbonyl (C=O) groups is 1. The number of thioether (sulfide) groups is 1. The molecule has 2 aromatic rings. The fourth-order valence-corrected chi connectivity index (χ4v) is 2.27. The Bertz CT molecular complexity index is 628. The van der Waals surface area contributed by atoms with Gasteiger partial charge in [0.05, 0.1) is 18.4 Å². The first kappa shape index (κ1) is 14.3.